The lowest BCUT2D eigenvalue weighted by Gasteiger charge is -2.17. The van der Waals surface area contributed by atoms with E-state index in [1.54, 1.807) is 0 Å². The molecule has 0 aromatic heterocycles. The molecule has 0 saturated carbocycles. The molecule has 0 aliphatic carbocycles. The molecule has 0 spiro atoms. The number of ether oxygens (including phenoxy) is 1. The quantitative estimate of drug-likeness (QED) is 0.365. The Kier molecular flexibility index (Phi) is 7.29. The largest absolute Gasteiger partial charge is 0.461 e. The van der Waals surface area contributed by atoms with Gasteiger partial charge in [-0.1, -0.05) is 6.07 Å². The molecule has 0 heterocycles. The van der Waals surface area contributed by atoms with Crippen molar-refractivity contribution in [3.8, 4) is 5.75 Å². The van der Waals surface area contributed by atoms with E-state index in [1.807, 2.05) is 5.32 Å². The summed E-state index contributed by atoms with van der Waals surface area (Å²) in [4.78, 5) is 23.9. The lowest BCUT2D eigenvalue weighted by molar-refractivity contribution is -0.253. The van der Waals surface area contributed by atoms with E-state index in [1.165, 1.54) is 36.4 Å². The fourth-order valence-electron chi connectivity index (χ4n) is 2.65. The van der Waals surface area contributed by atoms with Crippen LogP contribution in [0.4, 0.5) is 48.2 Å². The third-order valence-corrected chi connectivity index (χ3v) is 4.21. The van der Waals surface area contributed by atoms with Crippen LogP contribution >= 0.6 is 0 Å². The summed E-state index contributed by atoms with van der Waals surface area (Å²) in [5.41, 5.74) is 0.264. The zero-order valence-corrected chi connectivity index (χ0v) is 16.9. The molecule has 3 aromatic carbocycles. The van der Waals surface area contributed by atoms with Gasteiger partial charge in [-0.15, -0.1) is 0 Å². The molecule has 0 bridgehead atoms. The first-order chi connectivity index (χ1) is 16.0. The number of benzene rings is 3. The molecule has 0 fully saturated rings. The number of anilines is 3. The molecule has 0 saturated heterocycles. The van der Waals surface area contributed by atoms with Gasteiger partial charge in [0.2, 0.25) is 0 Å². The van der Waals surface area contributed by atoms with Crippen LogP contribution in [0.3, 0.4) is 0 Å². The van der Waals surface area contributed by atoms with Crippen molar-refractivity contribution in [2.24, 2.45) is 0 Å². The number of halogens is 6. The first-order valence-corrected chi connectivity index (χ1v) is 9.43. The molecule has 0 unspecified atom stereocenters. The highest BCUT2D eigenvalue weighted by molar-refractivity contribution is 6.08. The molecule has 34 heavy (non-hydrogen) atoms. The van der Waals surface area contributed by atoms with Gasteiger partial charge in [0.15, 0.2) is 0 Å². The summed E-state index contributed by atoms with van der Waals surface area (Å²) in [5, 5.41) is 7.04. The van der Waals surface area contributed by atoms with Gasteiger partial charge in [0, 0.05) is 17.1 Å². The van der Waals surface area contributed by atoms with Gasteiger partial charge in [0.25, 0.3) is 5.91 Å². The smallest absolute Gasteiger partial charge is 0.428 e. The topological polar surface area (TPSA) is 79.5 Å². The molecule has 3 rings (SSSR count). The van der Waals surface area contributed by atoms with Crippen molar-refractivity contribution in [2.45, 2.75) is 12.5 Å². The number of imide groups is 1. The van der Waals surface area contributed by atoms with Gasteiger partial charge in [-0.2, -0.15) is 17.6 Å². The number of carbonyl (C=O) groups is 2. The Bertz CT molecular complexity index is 1150. The lowest BCUT2D eigenvalue weighted by atomic mass is 10.2. The summed E-state index contributed by atoms with van der Waals surface area (Å²) >= 11 is 0. The Morgan fingerprint density at radius 2 is 1.29 bits per heavy atom. The van der Waals surface area contributed by atoms with E-state index >= 15 is 0 Å². The monoisotopic (exact) mass is 483 g/mol. The van der Waals surface area contributed by atoms with E-state index in [0.717, 1.165) is 30.3 Å². The van der Waals surface area contributed by atoms with Crippen LogP contribution in [0.5, 0.6) is 5.75 Å². The normalized spacial score (nSPS) is 11.1. The van der Waals surface area contributed by atoms with E-state index < -0.39 is 47.4 Å². The van der Waals surface area contributed by atoms with Crippen molar-refractivity contribution in [1.29, 1.82) is 0 Å². The highest BCUT2D eigenvalue weighted by Crippen LogP contribution is 2.29. The minimum absolute atomic E-state index is 0.239. The zero-order valence-electron chi connectivity index (χ0n) is 16.9. The molecule has 12 heteroatoms. The first-order valence-electron chi connectivity index (χ1n) is 9.43. The highest BCUT2D eigenvalue weighted by atomic mass is 19.3. The highest BCUT2D eigenvalue weighted by Gasteiger charge is 2.43. The fourth-order valence-corrected chi connectivity index (χ4v) is 2.65. The van der Waals surface area contributed by atoms with Crippen LogP contribution in [0.2, 0.25) is 0 Å². The van der Waals surface area contributed by atoms with E-state index in [0.29, 0.717) is 11.4 Å². The zero-order chi connectivity index (χ0) is 24.9. The maximum Gasteiger partial charge on any atom is 0.461 e. The second-order valence-corrected chi connectivity index (χ2v) is 6.70. The molecule has 3 N–H and O–H groups in total. The van der Waals surface area contributed by atoms with Crippen LogP contribution < -0.4 is 20.7 Å². The molecule has 0 radical (unpaired) electrons. The molecule has 0 atom stereocenters. The predicted molar refractivity (Wildman–Crippen MR) is 111 cm³/mol. The Balaban J connectivity index is 1.56. The maximum atomic E-state index is 13.6. The third-order valence-electron chi connectivity index (χ3n) is 4.21. The first kappa shape index (κ1) is 24.4. The van der Waals surface area contributed by atoms with Gasteiger partial charge in [-0.05, 0) is 60.7 Å². The number of hydrogen-bond donors (Lipinski definition) is 3. The van der Waals surface area contributed by atoms with Crippen molar-refractivity contribution in [2.75, 3.05) is 10.6 Å². The number of hydrogen-bond acceptors (Lipinski definition) is 4. The number of rotatable bonds is 7. The molecular formula is C22H15F6N3O3. The van der Waals surface area contributed by atoms with Gasteiger partial charge < -0.3 is 15.4 Å². The molecule has 178 valence electrons. The Labute approximate surface area is 188 Å². The molecule has 0 aliphatic rings. The summed E-state index contributed by atoms with van der Waals surface area (Å²) in [7, 11) is 0. The summed E-state index contributed by atoms with van der Waals surface area (Å²) < 4.78 is 81.4. The summed E-state index contributed by atoms with van der Waals surface area (Å²) in [6.45, 7) is 0. The molecule has 3 amide bonds. The molecular weight excluding hydrogens is 468 g/mol. The molecule has 3 aromatic rings. The SMILES string of the molecule is O=C(NC(=O)c1c(F)cccc1F)Nc1ccc(Nc2ccc(OC(F)(F)C(F)F)cc2)cc1. The van der Waals surface area contributed by atoms with E-state index in [2.05, 4.69) is 15.4 Å². The summed E-state index contributed by atoms with van der Waals surface area (Å²) in [5.74, 6) is -3.96. The number of carbonyl (C=O) groups excluding carboxylic acids is 2. The second-order valence-electron chi connectivity index (χ2n) is 6.70. The summed E-state index contributed by atoms with van der Waals surface area (Å²) in [6, 6.07) is 12.5. The maximum absolute atomic E-state index is 13.6. The van der Waals surface area contributed by atoms with Gasteiger partial charge in [-0.3, -0.25) is 10.1 Å². The van der Waals surface area contributed by atoms with Gasteiger partial charge >= 0.3 is 18.6 Å². The Morgan fingerprint density at radius 1 is 0.794 bits per heavy atom. The van der Waals surface area contributed by atoms with Crippen molar-refractivity contribution in [1.82, 2.24) is 5.32 Å². The fraction of sp³-hybridized carbons (Fsp3) is 0.0909. The van der Waals surface area contributed by atoms with Crippen molar-refractivity contribution in [3.63, 3.8) is 0 Å². The molecule has 6 nitrogen and oxygen atoms in total. The minimum atomic E-state index is -4.61. The van der Waals surface area contributed by atoms with Crippen LogP contribution in [0.25, 0.3) is 0 Å². The number of alkyl halides is 4. The number of urea groups is 1. The van der Waals surface area contributed by atoms with E-state index in [4.69, 9.17) is 0 Å². The van der Waals surface area contributed by atoms with Crippen LogP contribution in [0.15, 0.2) is 66.7 Å². The van der Waals surface area contributed by atoms with Crippen molar-refractivity contribution < 1.29 is 40.7 Å². The average molecular weight is 483 g/mol. The van der Waals surface area contributed by atoms with Crippen LogP contribution in [0.1, 0.15) is 10.4 Å². The Morgan fingerprint density at radius 3 is 1.82 bits per heavy atom. The van der Waals surface area contributed by atoms with Gasteiger partial charge in [0.05, 0.1) is 0 Å². The van der Waals surface area contributed by atoms with Gasteiger partial charge in [-0.25, -0.2) is 13.6 Å². The number of nitrogens with one attached hydrogen (secondary N) is 3. The summed E-state index contributed by atoms with van der Waals surface area (Å²) in [6.07, 6.45) is -8.59. The average Bonchev–Trinajstić information content (AvgIpc) is 2.76. The van der Waals surface area contributed by atoms with Crippen LogP contribution in [-0.2, 0) is 0 Å². The lowest BCUT2D eigenvalue weighted by Crippen LogP contribution is -2.35. The van der Waals surface area contributed by atoms with E-state index in [-0.39, 0.29) is 5.69 Å². The van der Waals surface area contributed by atoms with Gasteiger partial charge in [0.1, 0.15) is 22.9 Å². The third kappa shape index (κ3) is 6.18. The van der Waals surface area contributed by atoms with Crippen LogP contribution in [-0.4, -0.2) is 24.5 Å². The van der Waals surface area contributed by atoms with Crippen LogP contribution in [0, 0.1) is 11.6 Å². The van der Waals surface area contributed by atoms with Crippen molar-refractivity contribution in [3.05, 3.63) is 83.9 Å². The van der Waals surface area contributed by atoms with Crippen molar-refractivity contribution >= 4 is 29.0 Å². The second kappa shape index (κ2) is 10.1. The minimum Gasteiger partial charge on any atom is -0.428 e. The molecule has 0 aliphatic heterocycles. The van der Waals surface area contributed by atoms with E-state index in [9.17, 15) is 35.9 Å². The predicted octanol–water partition coefficient (Wildman–Crippen LogP) is 5.91. The standard InChI is InChI=1S/C22H15F6N3O3/c23-16-2-1-3-17(24)18(16)19(32)31-21(33)30-14-6-4-12(5-7-14)29-13-8-10-15(11-9-13)34-22(27,28)20(25)26/h1-11,20,29H,(H2,30,31,32,33). The Hall–Kier alpha value is -4.22. The number of amides is 3.